The summed E-state index contributed by atoms with van der Waals surface area (Å²) >= 11 is -1.81. The molecule has 5 nitrogen and oxygen atoms in total. The van der Waals surface area contributed by atoms with E-state index in [-0.39, 0.29) is 12.4 Å². The Morgan fingerprint density at radius 2 is 2.06 bits per heavy atom. The van der Waals surface area contributed by atoms with E-state index in [4.69, 9.17) is 9.29 Å². The van der Waals surface area contributed by atoms with Gasteiger partial charge in [-0.1, -0.05) is 30.3 Å². The van der Waals surface area contributed by atoms with E-state index >= 15 is 0 Å². The van der Waals surface area contributed by atoms with Gasteiger partial charge in [0.2, 0.25) is 0 Å². The average molecular weight is 257 g/mol. The lowest BCUT2D eigenvalue weighted by Gasteiger charge is -2.06. The van der Waals surface area contributed by atoms with Gasteiger partial charge in [-0.2, -0.15) is 0 Å². The predicted octanol–water partition coefficient (Wildman–Crippen LogP) is 1.52. The molecule has 0 heterocycles. The highest BCUT2D eigenvalue weighted by Gasteiger charge is 2.02. The van der Waals surface area contributed by atoms with Crippen molar-refractivity contribution in [1.29, 1.82) is 0 Å². The third-order valence-electron chi connectivity index (χ3n) is 1.98. The molecule has 1 atom stereocenters. The van der Waals surface area contributed by atoms with Gasteiger partial charge < -0.3 is 14.6 Å². The van der Waals surface area contributed by atoms with Crippen LogP contribution in [0.4, 0.5) is 4.79 Å². The quantitative estimate of drug-likeness (QED) is 0.598. The second-order valence-electron chi connectivity index (χ2n) is 3.37. The number of benzene rings is 1. The lowest BCUT2D eigenvalue weighted by atomic mass is 10.2. The number of alkyl carbamates (subject to hydrolysis) is 1. The first-order valence-electron chi connectivity index (χ1n) is 5.20. The van der Waals surface area contributed by atoms with Crippen molar-refractivity contribution in [3.63, 3.8) is 0 Å². The van der Waals surface area contributed by atoms with Crippen molar-refractivity contribution in [3.05, 3.63) is 35.9 Å². The van der Waals surface area contributed by atoms with Crippen LogP contribution in [0.1, 0.15) is 12.0 Å². The number of carbonyl (C=O) groups excluding carboxylic acids is 1. The minimum absolute atomic E-state index is 0.152. The van der Waals surface area contributed by atoms with Gasteiger partial charge in [-0.25, -0.2) is 9.00 Å². The number of carbonyl (C=O) groups is 1. The molecule has 17 heavy (non-hydrogen) atoms. The molecule has 0 spiro atoms. The minimum atomic E-state index is -1.81. The van der Waals surface area contributed by atoms with Crippen LogP contribution in [0.5, 0.6) is 0 Å². The first kappa shape index (κ1) is 13.7. The van der Waals surface area contributed by atoms with Crippen LogP contribution in [0.3, 0.4) is 0 Å². The van der Waals surface area contributed by atoms with E-state index in [1.807, 2.05) is 30.3 Å². The summed E-state index contributed by atoms with van der Waals surface area (Å²) in [6.45, 7) is 0.554. The van der Waals surface area contributed by atoms with Gasteiger partial charge in [-0.3, -0.25) is 0 Å². The summed E-state index contributed by atoms with van der Waals surface area (Å²) in [5, 5.41) is 2.50. The van der Waals surface area contributed by atoms with E-state index < -0.39 is 17.2 Å². The number of rotatable bonds is 6. The van der Waals surface area contributed by atoms with Gasteiger partial charge in [0.1, 0.15) is 6.61 Å². The molecule has 0 saturated carbocycles. The predicted molar refractivity (Wildman–Crippen MR) is 64.9 cm³/mol. The van der Waals surface area contributed by atoms with Crippen LogP contribution in [-0.4, -0.2) is 27.2 Å². The third-order valence-corrected chi connectivity index (χ3v) is 2.62. The standard InChI is InChI=1S/C11H15NO4S/c13-11(12-7-4-8-17(14)15)16-9-10-5-2-1-3-6-10/h1-3,5-6H,4,7-9H2,(H,12,13)(H,14,15). The minimum Gasteiger partial charge on any atom is -0.445 e. The monoisotopic (exact) mass is 257 g/mol. The summed E-state index contributed by atoms with van der Waals surface area (Å²) < 4.78 is 23.8. The molecular weight excluding hydrogens is 242 g/mol. The van der Waals surface area contributed by atoms with Gasteiger partial charge in [-0.05, 0) is 12.0 Å². The second kappa shape index (κ2) is 7.81. The van der Waals surface area contributed by atoms with E-state index in [9.17, 15) is 9.00 Å². The third kappa shape index (κ3) is 6.70. The maximum Gasteiger partial charge on any atom is 0.407 e. The van der Waals surface area contributed by atoms with Crippen LogP contribution in [0, 0.1) is 0 Å². The fourth-order valence-electron chi connectivity index (χ4n) is 1.16. The largest absolute Gasteiger partial charge is 0.445 e. The molecule has 2 N–H and O–H groups in total. The number of ether oxygens (including phenoxy) is 1. The zero-order valence-corrected chi connectivity index (χ0v) is 10.1. The van der Waals surface area contributed by atoms with Crippen LogP contribution in [0.2, 0.25) is 0 Å². The van der Waals surface area contributed by atoms with Crippen molar-refractivity contribution in [2.45, 2.75) is 13.0 Å². The Labute approximate surface area is 102 Å². The van der Waals surface area contributed by atoms with Gasteiger partial charge in [0.05, 0.1) is 5.75 Å². The Morgan fingerprint density at radius 1 is 1.35 bits per heavy atom. The molecule has 0 radical (unpaired) electrons. The van der Waals surface area contributed by atoms with Crippen LogP contribution < -0.4 is 5.32 Å². The number of amides is 1. The molecule has 6 heteroatoms. The molecule has 0 aromatic heterocycles. The Kier molecular flexibility index (Phi) is 6.27. The molecule has 1 rings (SSSR count). The molecule has 0 saturated heterocycles. The van der Waals surface area contributed by atoms with E-state index in [0.717, 1.165) is 5.56 Å². The van der Waals surface area contributed by atoms with Gasteiger partial charge in [0, 0.05) is 6.54 Å². The number of hydrogen-bond acceptors (Lipinski definition) is 3. The molecule has 0 fully saturated rings. The van der Waals surface area contributed by atoms with Crippen molar-refractivity contribution >= 4 is 17.2 Å². The Balaban J connectivity index is 2.11. The van der Waals surface area contributed by atoms with Crippen molar-refractivity contribution in [3.8, 4) is 0 Å². The summed E-state index contributed by atoms with van der Waals surface area (Å²) in [6, 6.07) is 9.35. The summed E-state index contributed by atoms with van der Waals surface area (Å²) in [7, 11) is 0. The molecule has 1 aromatic rings. The summed E-state index contributed by atoms with van der Waals surface area (Å²) in [5.41, 5.74) is 0.916. The molecule has 0 aliphatic rings. The van der Waals surface area contributed by atoms with Crippen molar-refractivity contribution in [2.75, 3.05) is 12.3 Å². The Bertz CT molecular complexity index is 369. The zero-order chi connectivity index (χ0) is 12.5. The summed E-state index contributed by atoms with van der Waals surface area (Å²) in [6.07, 6.45) is -0.0682. The highest BCUT2D eigenvalue weighted by Crippen LogP contribution is 2.00. The maximum atomic E-state index is 11.2. The fraction of sp³-hybridized carbons (Fsp3) is 0.364. The lowest BCUT2D eigenvalue weighted by molar-refractivity contribution is 0.139. The topological polar surface area (TPSA) is 75.6 Å². The Hall–Kier alpha value is -1.40. The van der Waals surface area contributed by atoms with E-state index in [1.54, 1.807) is 0 Å². The molecular formula is C11H15NO4S. The average Bonchev–Trinajstić information content (AvgIpc) is 2.33. The number of nitrogens with one attached hydrogen (secondary N) is 1. The fourth-order valence-corrected chi connectivity index (χ4v) is 1.55. The van der Waals surface area contributed by atoms with Crippen molar-refractivity contribution in [2.24, 2.45) is 0 Å². The van der Waals surface area contributed by atoms with Gasteiger partial charge in [0.25, 0.3) is 0 Å². The normalized spacial score (nSPS) is 11.8. The molecule has 0 aliphatic heterocycles. The molecule has 1 amide bonds. The maximum absolute atomic E-state index is 11.2. The molecule has 1 unspecified atom stereocenters. The first-order chi connectivity index (χ1) is 8.18. The van der Waals surface area contributed by atoms with Crippen LogP contribution in [-0.2, 0) is 22.4 Å². The zero-order valence-electron chi connectivity index (χ0n) is 9.30. The lowest BCUT2D eigenvalue weighted by Crippen LogP contribution is -2.26. The van der Waals surface area contributed by atoms with Crippen LogP contribution in [0.15, 0.2) is 30.3 Å². The molecule has 1 aromatic carbocycles. The van der Waals surface area contributed by atoms with Gasteiger partial charge >= 0.3 is 6.09 Å². The highest BCUT2D eigenvalue weighted by atomic mass is 32.2. The first-order valence-corrected chi connectivity index (χ1v) is 6.48. The molecule has 0 bridgehead atoms. The second-order valence-corrected chi connectivity index (χ2v) is 4.42. The smallest absolute Gasteiger partial charge is 0.407 e. The van der Waals surface area contributed by atoms with Crippen LogP contribution in [0.25, 0.3) is 0 Å². The summed E-state index contributed by atoms with van der Waals surface area (Å²) in [5.74, 6) is 0.152. The van der Waals surface area contributed by atoms with Gasteiger partial charge in [-0.15, -0.1) is 0 Å². The van der Waals surface area contributed by atoms with E-state index in [2.05, 4.69) is 5.32 Å². The molecule has 94 valence electrons. The van der Waals surface area contributed by atoms with Crippen LogP contribution >= 0.6 is 0 Å². The van der Waals surface area contributed by atoms with Crippen molar-refractivity contribution < 1.29 is 18.3 Å². The molecule has 0 aliphatic carbocycles. The van der Waals surface area contributed by atoms with E-state index in [0.29, 0.717) is 13.0 Å². The Morgan fingerprint density at radius 3 is 2.71 bits per heavy atom. The van der Waals surface area contributed by atoms with Crippen molar-refractivity contribution in [1.82, 2.24) is 5.32 Å². The summed E-state index contributed by atoms with van der Waals surface area (Å²) in [4.78, 5) is 11.2. The number of hydrogen-bond donors (Lipinski definition) is 2. The van der Waals surface area contributed by atoms with Gasteiger partial charge in [0.15, 0.2) is 11.1 Å². The highest BCUT2D eigenvalue weighted by molar-refractivity contribution is 7.79. The van der Waals surface area contributed by atoms with E-state index in [1.165, 1.54) is 0 Å². The SMILES string of the molecule is O=C(NCCCS(=O)O)OCc1ccccc1.